The lowest BCUT2D eigenvalue weighted by Gasteiger charge is -2.27. The molecule has 0 heterocycles. The van der Waals surface area contributed by atoms with Crippen molar-refractivity contribution in [2.24, 2.45) is 0 Å². The molecule has 1 aromatic rings. The SMILES string of the molecule is CNC(CN(C)CCN(C)C)c1c(C)cc(C)cc1C. The first kappa shape index (κ1) is 17.2. The van der Waals surface area contributed by atoms with E-state index in [1.807, 2.05) is 0 Å². The van der Waals surface area contributed by atoms with E-state index < -0.39 is 0 Å². The molecule has 1 atom stereocenters. The Hall–Kier alpha value is -0.900. The third-order valence-corrected chi connectivity index (χ3v) is 3.86. The zero-order valence-electron chi connectivity index (χ0n) is 14.2. The van der Waals surface area contributed by atoms with Crippen molar-refractivity contribution >= 4 is 0 Å². The summed E-state index contributed by atoms with van der Waals surface area (Å²) in [5.41, 5.74) is 5.58. The fourth-order valence-electron chi connectivity index (χ4n) is 2.84. The number of rotatable bonds is 7. The van der Waals surface area contributed by atoms with Crippen LogP contribution in [0.4, 0.5) is 0 Å². The van der Waals surface area contributed by atoms with Gasteiger partial charge in [0.25, 0.3) is 0 Å². The van der Waals surface area contributed by atoms with Gasteiger partial charge >= 0.3 is 0 Å². The largest absolute Gasteiger partial charge is 0.312 e. The maximum absolute atomic E-state index is 3.48. The summed E-state index contributed by atoms with van der Waals surface area (Å²) in [5, 5.41) is 3.48. The summed E-state index contributed by atoms with van der Waals surface area (Å²) < 4.78 is 0. The Kier molecular flexibility index (Phi) is 6.66. The third-order valence-electron chi connectivity index (χ3n) is 3.86. The molecule has 0 saturated heterocycles. The van der Waals surface area contributed by atoms with E-state index in [1.165, 1.54) is 22.3 Å². The standard InChI is InChI=1S/C17H31N3/c1-13-10-14(2)17(15(3)11-13)16(18-4)12-20(7)9-8-19(5)6/h10-11,16,18H,8-9,12H2,1-7H3. The molecule has 1 unspecified atom stereocenters. The molecule has 0 aromatic heterocycles. The van der Waals surface area contributed by atoms with E-state index in [0.29, 0.717) is 6.04 Å². The smallest absolute Gasteiger partial charge is 0.0452 e. The van der Waals surface area contributed by atoms with Gasteiger partial charge in [0.2, 0.25) is 0 Å². The molecule has 0 aliphatic carbocycles. The molecule has 3 heteroatoms. The predicted molar refractivity (Wildman–Crippen MR) is 88.5 cm³/mol. The second-order valence-corrected chi connectivity index (χ2v) is 6.22. The van der Waals surface area contributed by atoms with Crippen LogP contribution in [0.15, 0.2) is 12.1 Å². The first-order valence-electron chi connectivity index (χ1n) is 7.43. The number of hydrogen-bond acceptors (Lipinski definition) is 3. The molecule has 0 spiro atoms. The van der Waals surface area contributed by atoms with Crippen LogP contribution in [0.5, 0.6) is 0 Å². The Bertz CT molecular complexity index is 403. The highest BCUT2D eigenvalue weighted by atomic mass is 15.2. The molecule has 0 radical (unpaired) electrons. The molecule has 1 N–H and O–H groups in total. The lowest BCUT2D eigenvalue weighted by Crippen LogP contribution is -2.36. The van der Waals surface area contributed by atoms with Crippen LogP contribution in [0.1, 0.15) is 28.3 Å². The zero-order valence-corrected chi connectivity index (χ0v) is 14.2. The van der Waals surface area contributed by atoms with E-state index >= 15 is 0 Å². The third kappa shape index (κ3) is 4.89. The van der Waals surface area contributed by atoms with E-state index in [-0.39, 0.29) is 0 Å². The average molecular weight is 277 g/mol. The highest BCUT2D eigenvalue weighted by Gasteiger charge is 2.16. The van der Waals surface area contributed by atoms with Gasteiger partial charge in [0, 0.05) is 25.7 Å². The first-order chi connectivity index (χ1) is 9.35. The Morgan fingerprint density at radius 1 is 1.00 bits per heavy atom. The van der Waals surface area contributed by atoms with Crippen LogP contribution in [-0.2, 0) is 0 Å². The van der Waals surface area contributed by atoms with Crippen molar-refractivity contribution in [2.75, 3.05) is 47.8 Å². The minimum atomic E-state index is 0.391. The molecule has 0 saturated carbocycles. The van der Waals surface area contributed by atoms with Gasteiger partial charge in [-0.05, 0) is 65.7 Å². The summed E-state index contributed by atoms with van der Waals surface area (Å²) in [7, 11) is 8.51. The van der Waals surface area contributed by atoms with Crippen LogP contribution in [0.2, 0.25) is 0 Å². The van der Waals surface area contributed by atoms with Crippen molar-refractivity contribution < 1.29 is 0 Å². The van der Waals surface area contributed by atoms with Crippen molar-refractivity contribution in [3.05, 3.63) is 34.4 Å². The van der Waals surface area contributed by atoms with Crippen molar-refractivity contribution in [3.63, 3.8) is 0 Å². The van der Waals surface area contributed by atoms with Gasteiger partial charge in [-0.3, -0.25) is 0 Å². The van der Waals surface area contributed by atoms with E-state index in [4.69, 9.17) is 0 Å². The lowest BCUT2D eigenvalue weighted by molar-refractivity contribution is 0.259. The van der Waals surface area contributed by atoms with Crippen LogP contribution < -0.4 is 5.32 Å². The van der Waals surface area contributed by atoms with E-state index in [1.54, 1.807) is 0 Å². The molecule has 0 amide bonds. The van der Waals surface area contributed by atoms with E-state index in [0.717, 1.165) is 19.6 Å². The minimum absolute atomic E-state index is 0.391. The number of nitrogens with zero attached hydrogens (tertiary/aromatic N) is 2. The van der Waals surface area contributed by atoms with Crippen LogP contribution in [0, 0.1) is 20.8 Å². The molecule has 3 nitrogen and oxygen atoms in total. The highest BCUT2D eigenvalue weighted by Crippen LogP contribution is 2.24. The number of hydrogen-bond donors (Lipinski definition) is 1. The van der Waals surface area contributed by atoms with Gasteiger partial charge in [-0.1, -0.05) is 17.7 Å². The summed E-state index contributed by atoms with van der Waals surface area (Å²) in [6, 6.07) is 4.96. The number of aryl methyl sites for hydroxylation is 3. The van der Waals surface area contributed by atoms with E-state index in [2.05, 4.69) is 76.2 Å². The monoisotopic (exact) mass is 277 g/mol. The molecule has 1 rings (SSSR count). The van der Waals surface area contributed by atoms with Gasteiger partial charge in [-0.15, -0.1) is 0 Å². The molecule has 0 fully saturated rings. The summed E-state index contributed by atoms with van der Waals surface area (Å²) >= 11 is 0. The van der Waals surface area contributed by atoms with Crippen molar-refractivity contribution in [2.45, 2.75) is 26.8 Å². The quantitative estimate of drug-likeness (QED) is 0.825. The maximum Gasteiger partial charge on any atom is 0.0452 e. The second kappa shape index (κ2) is 7.77. The molecular weight excluding hydrogens is 246 g/mol. The summed E-state index contributed by atoms with van der Waals surface area (Å²) in [6.07, 6.45) is 0. The number of benzene rings is 1. The maximum atomic E-state index is 3.48. The fourth-order valence-corrected chi connectivity index (χ4v) is 2.84. The van der Waals surface area contributed by atoms with Crippen LogP contribution in [0.3, 0.4) is 0 Å². The Morgan fingerprint density at radius 3 is 2.00 bits per heavy atom. The number of likely N-dealkylation sites (N-methyl/N-ethyl adjacent to an activating group) is 3. The summed E-state index contributed by atoms with van der Waals surface area (Å²) in [5.74, 6) is 0. The van der Waals surface area contributed by atoms with E-state index in [9.17, 15) is 0 Å². The molecule has 0 bridgehead atoms. The second-order valence-electron chi connectivity index (χ2n) is 6.22. The van der Waals surface area contributed by atoms with Gasteiger partial charge in [-0.25, -0.2) is 0 Å². The molecular formula is C17H31N3. The van der Waals surface area contributed by atoms with Crippen LogP contribution >= 0.6 is 0 Å². The normalized spacial score (nSPS) is 13.2. The molecule has 1 aromatic carbocycles. The van der Waals surface area contributed by atoms with Crippen molar-refractivity contribution in [1.29, 1.82) is 0 Å². The van der Waals surface area contributed by atoms with Crippen LogP contribution in [-0.4, -0.2) is 57.6 Å². The topological polar surface area (TPSA) is 18.5 Å². The van der Waals surface area contributed by atoms with Gasteiger partial charge in [-0.2, -0.15) is 0 Å². The van der Waals surface area contributed by atoms with Crippen molar-refractivity contribution in [3.8, 4) is 0 Å². The fraction of sp³-hybridized carbons (Fsp3) is 0.647. The minimum Gasteiger partial charge on any atom is -0.312 e. The summed E-state index contributed by atoms with van der Waals surface area (Å²) in [4.78, 5) is 4.63. The Labute approximate surface area is 125 Å². The number of nitrogens with one attached hydrogen (secondary N) is 1. The first-order valence-corrected chi connectivity index (χ1v) is 7.43. The molecule has 20 heavy (non-hydrogen) atoms. The molecule has 0 aliphatic rings. The van der Waals surface area contributed by atoms with Gasteiger partial charge in [0.15, 0.2) is 0 Å². The zero-order chi connectivity index (χ0) is 15.3. The molecule has 0 aliphatic heterocycles. The van der Waals surface area contributed by atoms with Crippen LogP contribution in [0.25, 0.3) is 0 Å². The Morgan fingerprint density at radius 2 is 1.55 bits per heavy atom. The summed E-state index contributed by atoms with van der Waals surface area (Å²) in [6.45, 7) is 9.84. The predicted octanol–water partition coefficient (Wildman–Crippen LogP) is 2.37. The van der Waals surface area contributed by atoms with Gasteiger partial charge in [0.1, 0.15) is 0 Å². The van der Waals surface area contributed by atoms with Gasteiger partial charge < -0.3 is 15.1 Å². The highest BCUT2D eigenvalue weighted by molar-refractivity contribution is 5.39. The van der Waals surface area contributed by atoms with Crippen molar-refractivity contribution in [1.82, 2.24) is 15.1 Å². The van der Waals surface area contributed by atoms with Gasteiger partial charge in [0.05, 0.1) is 0 Å². The average Bonchev–Trinajstić information content (AvgIpc) is 2.33. The molecule has 114 valence electrons. The lowest BCUT2D eigenvalue weighted by atomic mass is 9.94. The Balaban J connectivity index is 2.81.